The number of aliphatic hydroxyl groups excluding tert-OH is 1. The summed E-state index contributed by atoms with van der Waals surface area (Å²) in [5.74, 6) is -0.0431. The number of aliphatic hydroxyl groups is 1. The maximum absolute atomic E-state index is 11.5. The molecule has 0 spiro atoms. The largest absolute Gasteiger partial charge is 0.396 e. The van der Waals surface area contributed by atoms with E-state index in [2.05, 4.69) is 5.32 Å². The minimum Gasteiger partial charge on any atom is -0.396 e. The van der Waals surface area contributed by atoms with Crippen molar-refractivity contribution >= 4 is 5.91 Å². The molecule has 0 aromatic heterocycles. The molecule has 92 valence electrons. The molecule has 0 aromatic rings. The highest BCUT2D eigenvalue weighted by Crippen LogP contribution is 2.35. The molecule has 0 heterocycles. The fraction of sp³-hybridized carbons (Fsp3) is 0.769. The molecule has 1 fully saturated rings. The first kappa shape index (κ1) is 13.2. The molecule has 1 aliphatic carbocycles. The van der Waals surface area contributed by atoms with Crippen LogP contribution in [-0.4, -0.2) is 24.2 Å². The molecule has 0 bridgehead atoms. The number of allylic oxidation sites excluding steroid dienone is 1. The van der Waals surface area contributed by atoms with E-state index in [1.807, 2.05) is 13.8 Å². The highest BCUT2D eigenvalue weighted by atomic mass is 16.3. The predicted molar refractivity (Wildman–Crippen MR) is 65.0 cm³/mol. The molecule has 0 unspecified atom stereocenters. The SMILES string of the molecule is CC(C)=CC(=O)NCC1(CO)CCCCC1. The Balaban J connectivity index is 2.44. The maximum atomic E-state index is 11.5. The average molecular weight is 225 g/mol. The standard InChI is InChI=1S/C13H23NO2/c1-11(2)8-12(16)14-9-13(10-15)6-4-3-5-7-13/h8,15H,3-7,9-10H2,1-2H3,(H,14,16). The van der Waals surface area contributed by atoms with Crippen molar-refractivity contribution in [2.24, 2.45) is 5.41 Å². The van der Waals surface area contributed by atoms with Crippen LogP contribution in [-0.2, 0) is 4.79 Å². The summed E-state index contributed by atoms with van der Waals surface area (Å²) in [4.78, 5) is 11.5. The predicted octanol–water partition coefficient (Wildman–Crippen LogP) is 2.01. The molecule has 1 aliphatic rings. The lowest BCUT2D eigenvalue weighted by molar-refractivity contribution is -0.117. The van der Waals surface area contributed by atoms with Crippen LogP contribution in [0, 0.1) is 5.41 Å². The molecule has 3 heteroatoms. The summed E-state index contributed by atoms with van der Waals surface area (Å²) in [7, 11) is 0. The topological polar surface area (TPSA) is 49.3 Å². The molecule has 1 rings (SSSR count). The van der Waals surface area contributed by atoms with Gasteiger partial charge in [-0.25, -0.2) is 0 Å². The number of hydrogen-bond acceptors (Lipinski definition) is 2. The highest BCUT2D eigenvalue weighted by Gasteiger charge is 2.31. The van der Waals surface area contributed by atoms with Crippen LogP contribution >= 0.6 is 0 Å². The molecule has 3 nitrogen and oxygen atoms in total. The molecule has 0 aromatic carbocycles. The van der Waals surface area contributed by atoms with Gasteiger partial charge in [0.1, 0.15) is 0 Å². The van der Waals surface area contributed by atoms with E-state index in [1.54, 1.807) is 6.08 Å². The van der Waals surface area contributed by atoms with E-state index < -0.39 is 0 Å². The second kappa shape index (κ2) is 6.04. The zero-order valence-corrected chi connectivity index (χ0v) is 10.4. The van der Waals surface area contributed by atoms with E-state index in [4.69, 9.17) is 0 Å². The van der Waals surface area contributed by atoms with Crippen molar-refractivity contribution in [2.45, 2.75) is 46.0 Å². The van der Waals surface area contributed by atoms with E-state index in [0.29, 0.717) is 6.54 Å². The Kier molecular flexibility index (Phi) is 5.00. The van der Waals surface area contributed by atoms with Crippen LogP contribution in [0.4, 0.5) is 0 Å². The van der Waals surface area contributed by atoms with E-state index in [1.165, 1.54) is 19.3 Å². The highest BCUT2D eigenvalue weighted by molar-refractivity contribution is 5.88. The maximum Gasteiger partial charge on any atom is 0.243 e. The average Bonchev–Trinajstić information content (AvgIpc) is 2.27. The smallest absolute Gasteiger partial charge is 0.243 e. The fourth-order valence-electron chi connectivity index (χ4n) is 2.28. The lowest BCUT2D eigenvalue weighted by atomic mass is 9.74. The number of rotatable bonds is 4. The molecule has 0 radical (unpaired) electrons. The van der Waals surface area contributed by atoms with Crippen molar-refractivity contribution in [2.75, 3.05) is 13.2 Å². The number of nitrogens with one attached hydrogen (secondary N) is 1. The van der Waals surface area contributed by atoms with Gasteiger partial charge >= 0.3 is 0 Å². The Bertz CT molecular complexity index is 261. The third-order valence-corrected chi connectivity index (χ3v) is 3.31. The molecular weight excluding hydrogens is 202 g/mol. The monoisotopic (exact) mass is 225 g/mol. The van der Waals surface area contributed by atoms with Crippen molar-refractivity contribution in [1.29, 1.82) is 0 Å². The van der Waals surface area contributed by atoms with Crippen LogP contribution in [0.5, 0.6) is 0 Å². The van der Waals surface area contributed by atoms with Gasteiger partial charge in [-0.05, 0) is 26.7 Å². The van der Waals surface area contributed by atoms with Gasteiger partial charge in [0, 0.05) is 18.0 Å². The molecule has 2 N–H and O–H groups in total. The van der Waals surface area contributed by atoms with Crippen LogP contribution in [0.1, 0.15) is 46.0 Å². The van der Waals surface area contributed by atoms with Crippen LogP contribution in [0.3, 0.4) is 0 Å². The van der Waals surface area contributed by atoms with Gasteiger partial charge in [0.15, 0.2) is 0 Å². The van der Waals surface area contributed by atoms with Gasteiger partial charge in [0.2, 0.25) is 5.91 Å². The molecule has 0 saturated heterocycles. The lowest BCUT2D eigenvalue weighted by Gasteiger charge is -2.35. The van der Waals surface area contributed by atoms with Gasteiger partial charge < -0.3 is 10.4 Å². The Hall–Kier alpha value is -0.830. The molecule has 0 atom stereocenters. The van der Waals surface area contributed by atoms with E-state index in [0.717, 1.165) is 18.4 Å². The van der Waals surface area contributed by atoms with Gasteiger partial charge in [0.25, 0.3) is 0 Å². The Morgan fingerprint density at radius 1 is 1.31 bits per heavy atom. The van der Waals surface area contributed by atoms with Crippen molar-refractivity contribution in [1.82, 2.24) is 5.32 Å². The third-order valence-electron chi connectivity index (χ3n) is 3.31. The number of carbonyl (C=O) groups excluding carboxylic acids is 1. The van der Waals surface area contributed by atoms with Crippen molar-refractivity contribution in [3.05, 3.63) is 11.6 Å². The first-order valence-corrected chi connectivity index (χ1v) is 6.12. The number of carbonyl (C=O) groups is 1. The van der Waals surface area contributed by atoms with E-state index >= 15 is 0 Å². The van der Waals surface area contributed by atoms with Gasteiger partial charge in [-0.2, -0.15) is 0 Å². The zero-order valence-electron chi connectivity index (χ0n) is 10.4. The van der Waals surface area contributed by atoms with Crippen LogP contribution in [0.25, 0.3) is 0 Å². The zero-order chi connectivity index (χ0) is 12.0. The molecule has 1 amide bonds. The second-order valence-corrected chi connectivity index (χ2v) is 5.16. The summed E-state index contributed by atoms with van der Waals surface area (Å²) < 4.78 is 0. The third kappa shape index (κ3) is 3.97. The molecule has 16 heavy (non-hydrogen) atoms. The summed E-state index contributed by atoms with van der Waals surface area (Å²) in [6.07, 6.45) is 7.24. The van der Waals surface area contributed by atoms with Crippen molar-refractivity contribution in [3.63, 3.8) is 0 Å². The lowest BCUT2D eigenvalue weighted by Crippen LogP contribution is -2.41. The number of hydrogen-bond donors (Lipinski definition) is 2. The first-order chi connectivity index (χ1) is 7.58. The normalized spacial score (nSPS) is 18.9. The quantitative estimate of drug-likeness (QED) is 0.719. The molecule has 1 saturated carbocycles. The van der Waals surface area contributed by atoms with Crippen molar-refractivity contribution < 1.29 is 9.90 Å². The van der Waals surface area contributed by atoms with Gasteiger partial charge in [0.05, 0.1) is 6.61 Å². The summed E-state index contributed by atoms with van der Waals surface area (Å²) in [5, 5.41) is 12.4. The Morgan fingerprint density at radius 2 is 1.94 bits per heavy atom. The van der Waals surface area contributed by atoms with E-state index in [-0.39, 0.29) is 17.9 Å². The summed E-state index contributed by atoms with van der Waals surface area (Å²) in [6.45, 7) is 4.60. The Labute approximate surface area is 97.9 Å². The van der Waals surface area contributed by atoms with Gasteiger partial charge in [-0.15, -0.1) is 0 Å². The molecular formula is C13H23NO2. The number of amides is 1. The van der Waals surface area contributed by atoms with Crippen LogP contribution < -0.4 is 5.32 Å². The van der Waals surface area contributed by atoms with Crippen LogP contribution in [0.15, 0.2) is 11.6 Å². The Morgan fingerprint density at radius 3 is 2.44 bits per heavy atom. The minimum atomic E-state index is -0.0661. The second-order valence-electron chi connectivity index (χ2n) is 5.16. The first-order valence-electron chi connectivity index (χ1n) is 6.12. The summed E-state index contributed by atoms with van der Waals surface area (Å²) >= 11 is 0. The van der Waals surface area contributed by atoms with Crippen LogP contribution in [0.2, 0.25) is 0 Å². The fourth-order valence-corrected chi connectivity index (χ4v) is 2.28. The molecule has 0 aliphatic heterocycles. The van der Waals surface area contributed by atoms with Gasteiger partial charge in [-0.1, -0.05) is 24.8 Å². The van der Waals surface area contributed by atoms with Gasteiger partial charge in [-0.3, -0.25) is 4.79 Å². The van der Waals surface area contributed by atoms with E-state index in [9.17, 15) is 9.90 Å². The minimum absolute atomic E-state index is 0.0431. The summed E-state index contributed by atoms with van der Waals surface area (Å²) in [6, 6.07) is 0. The summed E-state index contributed by atoms with van der Waals surface area (Å²) in [5.41, 5.74) is 0.933. The van der Waals surface area contributed by atoms with Crippen molar-refractivity contribution in [3.8, 4) is 0 Å².